The molecule has 4 nitrogen and oxygen atoms in total. The van der Waals surface area contributed by atoms with Gasteiger partial charge >= 0.3 is 0 Å². The molecule has 0 bridgehead atoms. The van der Waals surface area contributed by atoms with E-state index < -0.39 is 0 Å². The van der Waals surface area contributed by atoms with Crippen LogP contribution in [0.25, 0.3) is 0 Å². The molecule has 1 saturated carbocycles. The van der Waals surface area contributed by atoms with E-state index in [0.717, 1.165) is 25.7 Å². The van der Waals surface area contributed by atoms with E-state index in [-0.39, 0.29) is 17.9 Å². The first-order chi connectivity index (χ1) is 9.16. The van der Waals surface area contributed by atoms with Crippen LogP contribution in [0.4, 0.5) is 0 Å². The zero-order chi connectivity index (χ0) is 13.3. The van der Waals surface area contributed by atoms with Crippen molar-refractivity contribution in [3.05, 3.63) is 45.1 Å². The van der Waals surface area contributed by atoms with Gasteiger partial charge in [-0.3, -0.25) is 0 Å². The summed E-state index contributed by atoms with van der Waals surface area (Å²) in [6, 6.07) is 8.30. The van der Waals surface area contributed by atoms with E-state index in [2.05, 4.69) is 50.9 Å². The lowest BCUT2D eigenvalue weighted by molar-refractivity contribution is 0.352. The predicted molar refractivity (Wildman–Crippen MR) is 87.8 cm³/mol. The Kier molecular flexibility index (Phi) is 5.04. The van der Waals surface area contributed by atoms with Crippen LogP contribution in [-0.2, 0) is 12.0 Å². The molecule has 1 aromatic carbocycles. The summed E-state index contributed by atoms with van der Waals surface area (Å²) >= 11 is 2.30. The topological polar surface area (TPSA) is 64.9 Å². The molecule has 0 amide bonds. The number of benzene rings is 1. The second-order valence-electron chi connectivity index (χ2n) is 5.18. The molecule has 0 saturated heterocycles. The first kappa shape index (κ1) is 15.7. The van der Waals surface area contributed by atoms with Gasteiger partial charge in [-0.2, -0.15) is 4.98 Å². The summed E-state index contributed by atoms with van der Waals surface area (Å²) in [4.78, 5) is 4.48. The molecule has 1 aliphatic carbocycles. The molecule has 0 atom stereocenters. The lowest BCUT2D eigenvalue weighted by Crippen LogP contribution is -2.34. The molecule has 2 aromatic rings. The van der Waals surface area contributed by atoms with Crippen molar-refractivity contribution in [2.24, 2.45) is 5.73 Å². The summed E-state index contributed by atoms with van der Waals surface area (Å²) in [5.74, 6) is 1.32. The van der Waals surface area contributed by atoms with Gasteiger partial charge in [0.25, 0.3) is 0 Å². The van der Waals surface area contributed by atoms with Gasteiger partial charge in [0.15, 0.2) is 5.82 Å². The maximum Gasteiger partial charge on any atom is 0.231 e. The average Bonchev–Trinajstić information content (AvgIpc) is 2.99. The van der Waals surface area contributed by atoms with Crippen molar-refractivity contribution in [2.75, 3.05) is 0 Å². The van der Waals surface area contributed by atoms with Crippen LogP contribution in [0, 0.1) is 3.57 Å². The highest BCUT2D eigenvalue weighted by Crippen LogP contribution is 2.34. The largest absolute Gasteiger partial charge is 0.339 e. The second kappa shape index (κ2) is 6.41. The number of hydrogen-bond donors (Lipinski definition) is 1. The van der Waals surface area contributed by atoms with Gasteiger partial charge in [-0.25, -0.2) is 0 Å². The Balaban J connectivity index is 0.00000147. The Morgan fingerprint density at radius 3 is 2.75 bits per heavy atom. The summed E-state index contributed by atoms with van der Waals surface area (Å²) in [5, 5.41) is 4.08. The van der Waals surface area contributed by atoms with E-state index in [1.807, 2.05) is 6.07 Å². The third-order valence-corrected chi connectivity index (χ3v) is 4.32. The number of hydrogen-bond acceptors (Lipinski definition) is 4. The summed E-state index contributed by atoms with van der Waals surface area (Å²) in [5.41, 5.74) is 7.14. The third-order valence-electron chi connectivity index (χ3n) is 3.65. The number of rotatable bonds is 3. The van der Waals surface area contributed by atoms with E-state index in [1.165, 1.54) is 9.13 Å². The van der Waals surface area contributed by atoms with Crippen LogP contribution >= 0.6 is 35.0 Å². The molecule has 0 unspecified atom stereocenters. The molecule has 108 valence electrons. The number of nitrogens with two attached hydrogens (primary N) is 1. The zero-order valence-electron chi connectivity index (χ0n) is 11.0. The molecule has 2 N–H and O–H groups in total. The first-order valence-electron chi connectivity index (χ1n) is 6.52. The second-order valence-corrected chi connectivity index (χ2v) is 6.43. The van der Waals surface area contributed by atoms with Gasteiger partial charge in [0.2, 0.25) is 5.89 Å². The molecular weight excluding hydrogens is 389 g/mol. The maximum atomic E-state index is 6.33. The van der Waals surface area contributed by atoms with Crippen molar-refractivity contribution in [1.29, 1.82) is 0 Å². The fourth-order valence-electron chi connectivity index (χ4n) is 2.58. The van der Waals surface area contributed by atoms with Crippen LogP contribution in [0.5, 0.6) is 0 Å². The van der Waals surface area contributed by atoms with Gasteiger partial charge in [-0.15, -0.1) is 12.4 Å². The van der Waals surface area contributed by atoms with Crippen molar-refractivity contribution in [3.8, 4) is 0 Å². The van der Waals surface area contributed by atoms with Crippen molar-refractivity contribution in [3.63, 3.8) is 0 Å². The van der Waals surface area contributed by atoms with Gasteiger partial charge in [0.05, 0.1) is 12.0 Å². The molecule has 20 heavy (non-hydrogen) atoms. The molecule has 3 rings (SSSR count). The smallest absolute Gasteiger partial charge is 0.231 e. The Bertz CT molecular complexity index is 581. The Morgan fingerprint density at radius 1 is 1.30 bits per heavy atom. The van der Waals surface area contributed by atoms with Gasteiger partial charge in [0.1, 0.15) is 0 Å². The molecular formula is C14H17ClIN3O. The number of nitrogens with zero attached hydrogens (tertiary/aromatic N) is 2. The number of halogens is 2. The SMILES string of the molecule is Cl.NC1(c2noc(Cc3cccc(I)c3)n2)CCCC1. The fraction of sp³-hybridized carbons (Fsp3) is 0.429. The minimum absolute atomic E-state index is 0. The van der Waals surface area contributed by atoms with E-state index in [1.54, 1.807) is 0 Å². The monoisotopic (exact) mass is 405 g/mol. The Labute approximate surface area is 138 Å². The van der Waals surface area contributed by atoms with Crippen LogP contribution in [0.1, 0.15) is 43.0 Å². The highest BCUT2D eigenvalue weighted by atomic mass is 127. The van der Waals surface area contributed by atoms with Gasteiger partial charge in [-0.05, 0) is 53.1 Å². The minimum atomic E-state index is -0.368. The van der Waals surface area contributed by atoms with E-state index in [0.29, 0.717) is 18.1 Å². The first-order valence-corrected chi connectivity index (χ1v) is 7.60. The summed E-state index contributed by atoms with van der Waals surface area (Å²) < 4.78 is 6.55. The number of aromatic nitrogens is 2. The average molecular weight is 406 g/mol. The van der Waals surface area contributed by atoms with Crippen LogP contribution < -0.4 is 5.73 Å². The quantitative estimate of drug-likeness (QED) is 0.795. The highest BCUT2D eigenvalue weighted by molar-refractivity contribution is 14.1. The Morgan fingerprint density at radius 2 is 2.05 bits per heavy atom. The minimum Gasteiger partial charge on any atom is -0.339 e. The van der Waals surface area contributed by atoms with Crippen LogP contribution in [0.2, 0.25) is 0 Å². The standard InChI is InChI=1S/C14H16IN3O.ClH/c15-11-5-3-4-10(8-11)9-12-17-13(18-19-12)14(16)6-1-2-7-14;/h3-5,8H,1-2,6-7,9,16H2;1H. The van der Waals surface area contributed by atoms with Gasteiger partial charge in [0, 0.05) is 3.57 Å². The van der Waals surface area contributed by atoms with Crippen molar-refractivity contribution in [2.45, 2.75) is 37.6 Å². The van der Waals surface area contributed by atoms with Crippen molar-refractivity contribution >= 4 is 35.0 Å². The lowest BCUT2D eigenvalue weighted by atomic mass is 9.99. The zero-order valence-corrected chi connectivity index (χ0v) is 14.0. The van der Waals surface area contributed by atoms with E-state index in [4.69, 9.17) is 10.3 Å². The molecule has 6 heteroatoms. The molecule has 1 fully saturated rings. The molecule has 0 radical (unpaired) electrons. The summed E-state index contributed by atoms with van der Waals surface area (Å²) in [6.07, 6.45) is 4.87. The van der Waals surface area contributed by atoms with Gasteiger partial charge in [-0.1, -0.05) is 30.1 Å². The van der Waals surface area contributed by atoms with Crippen molar-refractivity contribution < 1.29 is 4.52 Å². The highest BCUT2D eigenvalue weighted by Gasteiger charge is 2.35. The third kappa shape index (κ3) is 3.32. The molecule has 0 spiro atoms. The van der Waals surface area contributed by atoms with E-state index >= 15 is 0 Å². The van der Waals surface area contributed by atoms with E-state index in [9.17, 15) is 0 Å². The summed E-state index contributed by atoms with van der Waals surface area (Å²) in [7, 11) is 0. The normalized spacial score (nSPS) is 16.9. The van der Waals surface area contributed by atoms with Crippen LogP contribution in [0.3, 0.4) is 0 Å². The molecule has 1 heterocycles. The fourth-order valence-corrected chi connectivity index (χ4v) is 3.19. The predicted octanol–water partition coefficient (Wildman–Crippen LogP) is 3.41. The van der Waals surface area contributed by atoms with Crippen LogP contribution in [-0.4, -0.2) is 10.1 Å². The van der Waals surface area contributed by atoms with Crippen molar-refractivity contribution in [1.82, 2.24) is 10.1 Å². The summed E-state index contributed by atoms with van der Waals surface area (Å²) in [6.45, 7) is 0. The van der Waals surface area contributed by atoms with Gasteiger partial charge < -0.3 is 10.3 Å². The lowest BCUT2D eigenvalue weighted by Gasteiger charge is -2.17. The van der Waals surface area contributed by atoms with Crippen LogP contribution in [0.15, 0.2) is 28.8 Å². The molecule has 1 aliphatic rings. The molecule has 1 aromatic heterocycles. The maximum absolute atomic E-state index is 6.33. The Hall–Kier alpha value is -0.660. The molecule has 0 aliphatic heterocycles.